The van der Waals surface area contributed by atoms with Gasteiger partial charge in [0, 0.05) is 14.2 Å². The molecule has 152 valence electrons. The molecule has 2 unspecified atom stereocenters. The van der Waals surface area contributed by atoms with Gasteiger partial charge in [0.1, 0.15) is 24.4 Å². The quantitative estimate of drug-likeness (QED) is 0.743. The normalized spacial score (nSPS) is 41.9. The van der Waals surface area contributed by atoms with E-state index in [1.54, 1.807) is 13.8 Å². The summed E-state index contributed by atoms with van der Waals surface area (Å²) in [6, 6.07) is 9.53. The second-order valence-electron chi connectivity index (χ2n) is 6.98. The minimum absolute atomic E-state index is 0.246. The highest BCUT2D eigenvalue weighted by Gasteiger charge is 2.62. The van der Waals surface area contributed by atoms with Crippen LogP contribution in [0, 0.1) is 0 Å². The fourth-order valence-electron chi connectivity index (χ4n) is 3.41. The van der Waals surface area contributed by atoms with Crippen molar-refractivity contribution in [2.45, 2.75) is 62.7 Å². The van der Waals surface area contributed by atoms with Gasteiger partial charge in [-0.25, -0.2) is 0 Å². The van der Waals surface area contributed by atoms with Crippen LogP contribution in [0.25, 0.3) is 0 Å². The highest BCUT2D eigenvalue weighted by atomic mass is 16.8. The second kappa shape index (κ2) is 8.10. The predicted molar refractivity (Wildman–Crippen MR) is 93.6 cm³/mol. The Morgan fingerprint density at radius 1 is 1.00 bits per heavy atom. The Bertz CT molecular complexity index is 613. The van der Waals surface area contributed by atoms with Crippen LogP contribution < -0.4 is 0 Å². The minimum atomic E-state index is -1.27. The van der Waals surface area contributed by atoms with E-state index in [0.717, 1.165) is 5.56 Å². The number of rotatable bonds is 6. The fourth-order valence-corrected chi connectivity index (χ4v) is 3.41. The lowest BCUT2D eigenvalue weighted by Crippen LogP contribution is -2.73. The Kier molecular flexibility index (Phi) is 6.19. The molecule has 3 rings (SSSR count). The molecule has 2 saturated heterocycles. The monoisotopic (exact) mass is 384 g/mol. The van der Waals surface area contributed by atoms with Gasteiger partial charge in [-0.1, -0.05) is 30.3 Å². The van der Waals surface area contributed by atoms with E-state index < -0.39 is 42.3 Å². The van der Waals surface area contributed by atoms with Gasteiger partial charge < -0.3 is 38.6 Å². The van der Waals surface area contributed by atoms with Crippen LogP contribution in [-0.2, 0) is 35.0 Å². The molecular formula is C19H28O8. The van der Waals surface area contributed by atoms with Crippen molar-refractivity contribution in [2.75, 3.05) is 20.8 Å². The Labute approximate surface area is 158 Å². The number of aliphatic hydroxyl groups excluding tert-OH is 2. The third-order valence-electron chi connectivity index (χ3n) is 5.38. The average molecular weight is 384 g/mol. The molecule has 0 radical (unpaired) electrons. The number of aliphatic hydroxyl groups is 2. The molecule has 2 aliphatic rings. The van der Waals surface area contributed by atoms with Gasteiger partial charge in [0.2, 0.25) is 11.6 Å². The zero-order valence-corrected chi connectivity index (χ0v) is 16.0. The third kappa shape index (κ3) is 3.76. The van der Waals surface area contributed by atoms with Crippen molar-refractivity contribution < 1.29 is 38.6 Å². The third-order valence-corrected chi connectivity index (χ3v) is 5.38. The molecule has 2 N–H and O–H groups in total. The summed E-state index contributed by atoms with van der Waals surface area (Å²) >= 11 is 0. The van der Waals surface area contributed by atoms with E-state index in [4.69, 9.17) is 28.4 Å². The van der Waals surface area contributed by atoms with Crippen LogP contribution in [0.4, 0.5) is 0 Å². The molecule has 8 heteroatoms. The van der Waals surface area contributed by atoms with Gasteiger partial charge in [-0.2, -0.15) is 0 Å². The van der Waals surface area contributed by atoms with Crippen LogP contribution in [0.15, 0.2) is 30.3 Å². The number of hydrogen-bond acceptors (Lipinski definition) is 8. The molecule has 2 fully saturated rings. The first-order valence-corrected chi connectivity index (χ1v) is 8.93. The molecule has 1 aromatic carbocycles. The summed E-state index contributed by atoms with van der Waals surface area (Å²) in [5, 5.41) is 20.6. The largest absolute Gasteiger partial charge is 0.394 e. The molecule has 2 aliphatic heterocycles. The summed E-state index contributed by atoms with van der Waals surface area (Å²) in [5.41, 5.74) is 0.936. The van der Waals surface area contributed by atoms with Gasteiger partial charge in [0.05, 0.1) is 13.2 Å². The van der Waals surface area contributed by atoms with E-state index in [9.17, 15) is 10.2 Å². The highest BCUT2D eigenvalue weighted by Crippen LogP contribution is 2.43. The summed E-state index contributed by atoms with van der Waals surface area (Å²) < 4.78 is 34.6. The molecule has 27 heavy (non-hydrogen) atoms. The van der Waals surface area contributed by atoms with Crippen LogP contribution in [0.1, 0.15) is 19.4 Å². The van der Waals surface area contributed by atoms with Crippen molar-refractivity contribution in [3.8, 4) is 0 Å². The van der Waals surface area contributed by atoms with Crippen molar-refractivity contribution in [2.24, 2.45) is 0 Å². The van der Waals surface area contributed by atoms with E-state index in [-0.39, 0.29) is 13.2 Å². The maximum absolute atomic E-state index is 10.8. The van der Waals surface area contributed by atoms with Gasteiger partial charge in [-0.05, 0) is 19.4 Å². The summed E-state index contributed by atoms with van der Waals surface area (Å²) in [7, 11) is 2.94. The fraction of sp³-hybridized carbons (Fsp3) is 0.684. The van der Waals surface area contributed by atoms with Gasteiger partial charge >= 0.3 is 0 Å². The van der Waals surface area contributed by atoms with E-state index in [1.807, 2.05) is 30.3 Å². The summed E-state index contributed by atoms with van der Waals surface area (Å²) in [6.45, 7) is 3.26. The van der Waals surface area contributed by atoms with Crippen LogP contribution in [0.5, 0.6) is 0 Å². The molecule has 0 bridgehead atoms. The minimum Gasteiger partial charge on any atom is -0.394 e. The van der Waals surface area contributed by atoms with E-state index in [2.05, 4.69) is 0 Å². The molecule has 0 saturated carbocycles. The lowest BCUT2D eigenvalue weighted by atomic mass is 9.94. The molecule has 0 spiro atoms. The van der Waals surface area contributed by atoms with Gasteiger partial charge in [-0.3, -0.25) is 0 Å². The Hall–Kier alpha value is -1.10. The highest BCUT2D eigenvalue weighted by molar-refractivity contribution is 5.13. The second-order valence-corrected chi connectivity index (χ2v) is 6.98. The van der Waals surface area contributed by atoms with Crippen LogP contribution in [-0.4, -0.2) is 73.3 Å². The first-order valence-electron chi connectivity index (χ1n) is 8.93. The Balaban J connectivity index is 1.78. The molecule has 0 aliphatic carbocycles. The number of hydrogen-bond donors (Lipinski definition) is 2. The lowest BCUT2D eigenvalue weighted by Gasteiger charge is -2.56. The topological polar surface area (TPSA) is 95.8 Å². The maximum atomic E-state index is 10.8. The molecule has 7 atom stereocenters. The smallest absolute Gasteiger partial charge is 0.220 e. The maximum Gasteiger partial charge on any atom is 0.220 e. The first kappa shape index (κ1) is 20.6. The van der Waals surface area contributed by atoms with Crippen molar-refractivity contribution in [3.63, 3.8) is 0 Å². The molecule has 1 aromatic rings. The van der Waals surface area contributed by atoms with Crippen molar-refractivity contribution in [1.29, 1.82) is 0 Å². The Morgan fingerprint density at radius 3 is 2.15 bits per heavy atom. The zero-order chi connectivity index (χ0) is 19.7. The SMILES string of the molecule is COC1(C)O[C@@H]2[C@H](O)[C@@H](OCc3ccccc3)O[C@H](CO)[C@H]2OC1(C)OC. The van der Waals surface area contributed by atoms with Gasteiger partial charge in [0.15, 0.2) is 6.29 Å². The zero-order valence-electron chi connectivity index (χ0n) is 16.0. The Morgan fingerprint density at radius 2 is 1.59 bits per heavy atom. The predicted octanol–water partition coefficient (Wildman–Crippen LogP) is 0.790. The molecule has 0 aromatic heterocycles. The lowest BCUT2D eigenvalue weighted by molar-refractivity contribution is -0.480. The van der Waals surface area contributed by atoms with Crippen molar-refractivity contribution in [3.05, 3.63) is 35.9 Å². The molecular weight excluding hydrogens is 356 g/mol. The van der Waals surface area contributed by atoms with Crippen molar-refractivity contribution >= 4 is 0 Å². The van der Waals surface area contributed by atoms with Crippen LogP contribution >= 0.6 is 0 Å². The number of methoxy groups -OCH3 is 2. The number of benzene rings is 1. The van der Waals surface area contributed by atoms with Gasteiger partial charge in [-0.15, -0.1) is 0 Å². The summed E-state index contributed by atoms with van der Waals surface area (Å²) in [4.78, 5) is 0. The summed E-state index contributed by atoms with van der Waals surface area (Å²) in [6.07, 6.45) is -4.47. The molecule has 2 heterocycles. The van der Waals surface area contributed by atoms with Crippen LogP contribution in [0.3, 0.4) is 0 Å². The van der Waals surface area contributed by atoms with E-state index in [0.29, 0.717) is 0 Å². The average Bonchev–Trinajstić information content (AvgIpc) is 2.70. The molecule has 0 amide bonds. The molecule has 8 nitrogen and oxygen atoms in total. The van der Waals surface area contributed by atoms with Crippen LogP contribution in [0.2, 0.25) is 0 Å². The number of fused-ring (bicyclic) bond motifs is 1. The van der Waals surface area contributed by atoms with Gasteiger partial charge in [0.25, 0.3) is 0 Å². The van der Waals surface area contributed by atoms with E-state index in [1.165, 1.54) is 14.2 Å². The standard InChI is InChI=1S/C19H28O8/c1-18(22-3)19(2,23-4)27-16-14(21)17(25-13(10-20)15(16)26-18)24-11-12-8-6-5-7-9-12/h5-9,13-17,20-21H,10-11H2,1-4H3/t13-,14+,15-,16-,17+,18?,19?/m1/s1. The first-order chi connectivity index (χ1) is 12.9. The van der Waals surface area contributed by atoms with Crippen molar-refractivity contribution in [1.82, 2.24) is 0 Å². The summed E-state index contributed by atoms with van der Waals surface area (Å²) in [5.74, 6) is -2.53. The number of ether oxygens (including phenoxy) is 6. The van der Waals surface area contributed by atoms with E-state index >= 15 is 0 Å².